The van der Waals surface area contributed by atoms with Gasteiger partial charge in [0.05, 0.1) is 5.69 Å². The van der Waals surface area contributed by atoms with Crippen molar-refractivity contribution in [2.24, 2.45) is 5.14 Å². The lowest BCUT2D eigenvalue weighted by Gasteiger charge is -2.29. The molecule has 2 aromatic rings. The van der Waals surface area contributed by atoms with E-state index in [1.165, 1.54) is 6.07 Å². The summed E-state index contributed by atoms with van der Waals surface area (Å²) >= 11 is 5.64. The van der Waals surface area contributed by atoms with Crippen molar-refractivity contribution in [2.45, 2.75) is 37.5 Å². The van der Waals surface area contributed by atoms with Crippen molar-refractivity contribution in [3.63, 3.8) is 0 Å². The number of benzene rings is 2. The van der Waals surface area contributed by atoms with Crippen LogP contribution >= 0.6 is 12.2 Å². The molecule has 1 saturated heterocycles. The number of carbonyl (C=O) groups excluding carboxylic acids is 1. The number of para-hydroxylation sites is 1. The van der Waals surface area contributed by atoms with Gasteiger partial charge in [-0.15, -0.1) is 0 Å². The van der Waals surface area contributed by atoms with E-state index in [2.05, 4.69) is 12.2 Å². The summed E-state index contributed by atoms with van der Waals surface area (Å²) in [5, 5.41) is 8.84. The molecule has 0 unspecified atom stereocenters. The number of thiocarbonyl (C=S) groups is 1. The Morgan fingerprint density at radius 1 is 1.19 bits per heavy atom. The van der Waals surface area contributed by atoms with Crippen molar-refractivity contribution < 1.29 is 17.9 Å². The van der Waals surface area contributed by atoms with Gasteiger partial charge in [0.2, 0.25) is 10.0 Å². The number of rotatable bonds is 8. The van der Waals surface area contributed by atoms with Gasteiger partial charge in [0.1, 0.15) is 21.4 Å². The second-order valence-electron chi connectivity index (χ2n) is 7.42. The summed E-state index contributed by atoms with van der Waals surface area (Å²) in [7, 11) is -4.10. The fourth-order valence-electron chi connectivity index (χ4n) is 3.32. The van der Waals surface area contributed by atoms with Crippen molar-refractivity contribution in [1.82, 2.24) is 4.90 Å². The molecule has 166 valence electrons. The SMILES string of the molecule is CCCCNc1cc(C(=S)N2CCC(=O)CC2)cc(S(N)(=O)=O)c1Oc1ccccc1. The number of unbranched alkanes of at least 4 members (excludes halogenated alkanes) is 1. The van der Waals surface area contributed by atoms with Gasteiger partial charge in [-0.2, -0.15) is 0 Å². The number of nitrogens with one attached hydrogen (secondary N) is 1. The van der Waals surface area contributed by atoms with Crippen molar-refractivity contribution in [3.8, 4) is 11.5 Å². The first-order valence-electron chi connectivity index (χ1n) is 10.3. The Morgan fingerprint density at radius 3 is 2.48 bits per heavy atom. The first kappa shape index (κ1) is 23.2. The van der Waals surface area contributed by atoms with E-state index in [4.69, 9.17) is 22.1 Å². The third-order valence-electron chi connectivity index (χ3n) is 5.03. The number of ketones is 1. The molecule has 0 atom stereocenters. The van der Waals surface area contributed by atoms with E-state index in [9.17, 15) is 13.2 Å². The van der Waals surface area contributed by atoms with Crippen LogP contribution in [0.15, 0.2) is 47.4 Å². The van der Waals surface area contributed by atoms with Crippen LogP contribution in [-0.4, -0.2) is 43.7 Å². The number of anilines is 1. The number of Topliss-reactive ketones (excluding diaryl/α,β-unsaturated/α-hetero) is 1. The Bertz CT molecular complexity index is 1050. The molecule has 7 nitrogen and oxygen atoms in total. The molecule has 1 heterocycles. The van der Waals surface area contributed by atoms with E-state index in [1.807, 2.05) is 11.0 Å². The highest BCUT2D eigenvalue weighted by atomic mass is 32.2. The number of sulfonamides is 1. The van der Waals surface area contributed by atoms with Crippen LogP contribution in [0.25, 0.3) is 0 Å². The first-order chi connectivity index (χ1) is 14.8. The summed E-state index contributed by atoms with van der Waals surface area (Å²) in [5.41, 5.74) is 1.06. The van der Waals surface area contributed by atoms with Crippen LogP contribution in [0.5, 0.6) is 11.5 Å². The van der Waals surface area contributed by atoms with Gasteiger partial charge >= 0.3 is 0 Å². The van der Waals surface area contributed by atoms with Gasteiger partial charge < -0.3 is 15.0 Å². The van der Waals surface area contributed by atoms with E-state index in [1.54, 1.807) is 30.3 Å². The third kappa shape index (κ3) is 6.03. The summed E-state index contributed by atoms with van der Waals surface area (Å²) < 4.78 is 30.9. The zero-order chi connectivity index (χ0) is 22.4. The molecule has 0 spiro atoms. The molecule has 1 aliphatic rings. The van der Waals surface area contributed by atoms with Gasteiger partial charge in [-0.25, -0.2) is 13.6 Å². The van der Waals surface area contributed by atoms with Crippen molar-refractivity contribution >= 4 is 38.7 Å². The molecule has 0 bridgehead atoms. The molecule has 1 fully saturated rings. The van der Waals surface area contributed by atoms with Crippen LogP contribution in [0.3, 0.4) is 0 Å². The standard InChI is InChI=1S/C22H27N3O4S2/c1-2-3-11-24-19-14-16(22(30)25-12-9-17(26)10-13-25)15-20(31(23,27)28)21(19)29-18-7-5-4-6-8-18/h4-8,14-15,24H,2-3,9-13H2,1H3,(H2,23,27,28). The van der Waals surface area contributed by atoms with Crippen LogP contribution < -0.4 is 15.2 Å². The van der Waals surface area contributed by atoms with Gasteiger partial charge in [-0.3, -0.25) is 4.79 Å². The molecule has 3 N–H and O–H groups in total. The molecule has 3 rings (SSSR count). The van der Waals surface area contributed by atoms with Crippen molar-refractivity contribution in [3.05, 3.63) is 48.0 Å². The molecular formula is C22H27N3O4S2. The number of nitrogens with zero attached hydrogens (tertiary/aromatic N) is 1. The molecule has 9 heteroatoms. The quantitative estimate of drug-likeness (QED) is 0.457. The van der Waals surface area contributed by atoms with Gasteiger partial charge in [-0.05, 0) is 30.7 Å². The highest BCUT2D eigenvalue weighted by molar-refractivity contribution is 7.89. The van der Waals surface area contributed by atoms with Gasteiger partial charge in [0.25, 0.3) is 0 Å². The average molecular weight is 462 g/mol. The largest absolute Gasteiger partial charge is 0.454 e. The summed E-state index contributed by atoms with van der Waals surface area (Å²) in [6, 6.07) is 12.2. The summed E-state index contributed by atoms with van der Waals surface area (Å²) in [4.78, 5) is 13.9. The highest BCUT2D eigenvalue weighted by Crippen LogP contribution is 2.37. The minimum Gasteiger partial charge on any atom is -0.454 e. The maximum Gasteiger partial charge on any atom is 0.241 e. The lowest BCUT2D eigenvalue weighted by molar-refractivity contribution is -0.120. The van der Waals surface area contributed by atoms with Crippen molar-refractivity contribution in [1.29, 1.82) is 0 Å². The topological polar surface area (TPSA) is 102 Å². The predicted octanol–water partition coefficient (Wildman–Crippen LogP) is 3.68. The predicted molar refractivity (Wildman–Crippen MR) is 125 cm³/mol. The molecule has 0 aliphatic carbocycles. The summed E-state index contributed by atoms with van der Waals surface area (Å²) in [5.74, 6) is 0.846. The minimum absolute atomic E-state index is 0.136. The fraction of sp³-hybridized carbons (Fsp3) is 0.364. The van der Waals surface area contributed by atoms with E-state index in [0.29, 0.717) is 54.5 Å². The number of ether oxygens (including phenoxy) is 1. The number of carbonyl (C=O) groups is 1. The Balaban J connectivity index is 2.05. The van der Waals surface area contributed by atoms with Gasteiger partial charge in [-0.1, -0.05) is 43.8 Å². The zero-order valence-corrected chi connectivity index (χ0v) is 19.1. The van der Waals surface area contributed by atoms with Crippen LogP contribution in [0.4, 0.5) is 5.69 Å². The van der Waals surface area contributed by atoms with Crippen LogP contribution in [0, 0.1) is 0 Å². The maximum atomic E-state index is 12.5. The number of hydrogen-bond donors (Lipinski definition) is 2. The van der Waals surface area contributed by atoms with Crippen LogP contribution in [0.1, 0.15) is 38.2 Å². The Kier molecular flexibility index (Phi) is 7.64. The monoisotopic (exact) mass is 461 g/mol. The molecule has 1 aliphatic heterocycles. The fourth-order valence-corrected chi connectivity index (χ4v) is 4.32. The first-order valence-corrected chi connectivity index (χ1v) is 12.2. The number of hydrogen-bond acceptors (Lipinski definition) is 6. The molecule has 31 heavy (non-hydrogen) atoms. The van der Waals surface area contributed by atoms with Gasteiger partial charge in [0.15, 0.2) is 5.75 Å². The number of nitrogens with two attached hydrogens (primary N) is 1. The molecule has 0 amide bonds. The third-order valence-corrected chi connectivity index (χ3v) is 6.44. The minimum atomic E-state index is -4.10. The lowest BCUT2D eigenvalue weighted by atomic mass is 10.1. The molecule has 0 saturated carbocycles. The molecule has 2 aromatic carbocycles. The summed E-state index contributed by atoms with van der Waals surface area (Å²) in [6.07, 6.45) is 2.74. The second-order valence-corrected chi connectivity index (χ2v) is 9.34. The van der Waals surface area contributed by atoms with E-state index in [-0.39, 0.29) is 16.4 Å². The van der Waals surface area contributed by atoms with Crippen LogP contribution in [-0.2, 0) is 14.8 Å². The van der Waals surface area contributed by atoms with Crippen molar-refractivity contribution in [2.75, 3.05) is 25.0 Å². The average Bonchev–Trinajstić information content (AvgIpc) is 2.75. The number of piperidine rings is 1. The lowest BCUT2D eigenvalue weighted by Crippen LogP contribution is -2.38. The van der Waals surface area contributed by atoms with Gasteiger partial charge in [0, 0.05) is 38.0 Å². The van der Waals surface area contributed by atoms with E-state index in [0.717, 1.165) is 12.8 Å². The summed E-state index contributed by atoms with van der Waals surface area (Å²) in [6.45, 7) is 3.74. The zero-order valence-electron chi connectivity index (χ0n) is 17.5. The Hall–Kier alpha value is -2.49. The van der Waals surface area contributed by atoms with Crippen LogP contribution in [0.2, 0.25) is 0 Å². The molecule has 0 aromatic heterocycles. The normalized spacial score (nSPS) is 14.4. The Labute approximate surface area is 188 Å². The maximum absolute atomic E-state index is 12.5. The second kappa shape index (κ2) is 10.2. The molecular weight excluding hydrogens is 434 g/mol. The Morgan fingerprint density at radius 2 is 1.87 bits per heavy atom. The number of likely N-dealkylation sites (tertiary alicyclic amines) is 1. The molecule has 0 radical (unpaired) electrons. The van der Waals surface area contributed by atoms with E-state index >= 15 is 0 Å². The smallest absolute Gasteiger partial charge is 0.241 e. The number of primary sulfonamides is 1. The van der Waals surface area contributed by atoms with E-state index < -0.39 is 10.0 Å². The highest BCUT2D eigenvalue weighted by Gasteiger charge is 2.25.